The van der Waals surface area contributed by atoms with E-state index in [4.69, 9.17) is 16.3 Å². The number of anilines is 2. The van der Waals surface area contributed by atoms with Gasteiger partial charge in [0.25, 0.3) is 0 Å². The molecule has 1 aliphatic heterocycles. The van der Waals surface area contributed by atoms with Crippen LogP contribution in [-0.2, 0) is 11.2 Å². The molecule has 2 aromatic rings. The number of hydrogen-bond donors (Lipinski definition) is 1. The number of hydrogen-bond acceptors (Lipinski definition) is 7. The second-order valence-corrected chi connectivity index (χ2v) is 6.55. The molecule has 3 rings (SSSR count). The van der Waals surface area contributed by atoms with Gasteiger partial charge in [-0.2, -0.15) is 10.1 Å². The minimum absolute atomic E-state index is 0.262. The van der Waals surface area contributed by atoms with E-state index in [1.165, 1.54) is 5.56 Å². The van der Waals surface area contributed by atoms with Crippen molar-refractivity contribution in [1.29, 1.82) is 0 Å². The first-order valence-electron chi connectivity index (χ1n) is 9.00. The maximum absolute atomic E-state index is 11.8. The lowest BCUT2D eigenvalue weighted by molar-refractivity contribution is 0.105. The minimum Gasteiger partial charge on any atom is -0.450 e. The maximum Gasteiger partial charge on any atom is 0.409 e. The molecule has 1 fully saturated rings. The van der Waals surface area contributed by atoms with E-state index in [-0.39, 0.29) is 6.09 Å². The standard InChI is InChI=1S/C18H23ClN6O2/c1-2-27-18(26)25-11-9-24(10-12-25)16-13-21-23-17(22-16)20-8-7-14-3-5-15(19)6-4-14/h3-6,13H,2,7-12H2,1H3,(H,20,22,23). The fourth-order valence-corrected chi connectivity index (χ4v) is 2.95. The summed E-state index contributed by atoms with van der Waals surface area (Å²) in [5.74, 6) is 1.25. The van der Waals surface area contributed by atoms with Gasteiger partial charge in [0.15, 0.2) is 5.82 Å². The largest absolute Gasteiger partial charge is 0.450 e. The van der Waals surface area contributed by atoms with Crippen molar-refractivity contribution < 1.29 is 9.53 Å². The SMILES string of the molecule is CCOC(=O)N1CCN(c2cnnc(NCCc3ccc(Cl)cc3)n2)CC1. The van der Waals surface area contributed by atoms with Gasteiger partial charge in [0.05, 0.1) is 12.8 Å². The molecular formula is C18H23ClN6O2. The molecule has 9 heteroatoms. The van der Waals surface area contributed by atoms with E-state index >= 15 is 0 Å². The fraction of sp³-hybridized carbons (Fsp3) is 0.444. The van der Waals surface area contributed by atoms with Crippen molar-refractivity contribution in [2.75, 3.05) is 49.5 Å². The molecule has 1 N–H and O–H groups in total. The number of piperazine rings is 1. The average Bonchev–Trinajstić information content (AvgIpc) is 2.70. The molecule has 1 aromatic carbocycles. The van der Waals surface area contributed by atoms with Gasteiger partial charge in [-0.15, -0.1) is 5.10 Å². The van der Waals surface area contributed by atoms with Crippen molar-refractivity contribution in [1.82, 2.24) is 20.1 Å². The molecule has 1 amide bonds. The molecule has 0 spiro atoms. The molecule has 1 aliphatic rings. The number of aromatic nitrogens is 3. The van der Waals surface area contributed by atoms with Crippen LogP contribution in [0.2, 0.25) is 5.02 Å². The van der Waals surface area contributed by atoms with Gasteiger partial charge in [0, 0.05) is 37.7 Å². The summed E-state index contributed by atoms with van der Waals surface area (Å²) in [5.41, 5.74) is 1.19. The van der Waals surface area contributed by atoms with Crippen molar-refractivity contribution in [2.24, 2.45) is 0 Å². The average molecular weight is 391 g/mol. The van der Waals surface area contributed by atoms with Crippen molar-refractivity contribution in [3.8, 4) is 0 Å². The summed E-state index contributed by atoms with van der Waals surface area (Å²) < 4.78 is 5.04. The zero-order chi connectivity index (χ0) is 19.1. The number of nitrogens with zero attached hydrogens (tertiary/aromatic N) is 5. The summed E-state index contributed by atoms with van der Waals surface area (Å²) in [6.07, 6.45) is 2.22. The van der Waals surface area contributed by atoms with Crippen LogP contribution < -0.4 is 10.2 Å². The van der Waals surface area contributed by atoms with Gasteiger partial charge in [0.2, 0.25) is 5.95 Å². The molecule has 0 aliphatic carbocycles. The highest BCUT2D eigenvalue weighted by molar-refractivity contribution is 6.30. The highest BCUT2D eigenvalue weighted by atomic mass is 35.5. The van der Waals surface area contributed by atoms with Crippen LogP contribution in [0.3, 0.4) is 0 Å². The highest BCUT2D eigenvalue weighted by Crippen LogP contribution is 2.14. The number of carbonyl (C=O) groups is 1. The van der Waals surface area contributed by atoms with E-state index in [2.05, 4.69) is 25.4 Å². The Morgan fingerprint density at radius 1 is 1.22 bits per heavy atom. The Bertz CT molecular complexity index is 750. The molecule has 0 radical (unpaired) electrons. The third-order valence-corrected chi connectivity index (χ3v) is 4.54. The van der Waals surface area contributed by atoms with Crippen LogP contribution in [0.5, 0.6) is 0 Å². The predicted octanol–water partition coefficient (Wildman–Crippen LogP) is 2.46. The molecule has 0 saturated carbocycles. The topological polar surface area (TPSA) is 83.5 Å². The molecule has 1 saturated heterocycles. The third kappa shape index (κ3) is 5.43. The summed E-state index contributed by atoms with van der Waals surface area (Å²) in [6, 6.07) is 7.77. The van der Waals surface area contributed by atoms with Gasteiger partial charge in [-0.05, 0) is 31.0 Å². The number of carbonyl (C=O) groups excluding carboxylic acids is 1. The minimum atomic E-state index is -0.262. The zero-order valence-electron chi connectivity index (χ0n) is 15.3. The van der Waals surface area contributed by atoms with Crippen LogP contribution in [0, 0.1) is 0 Å². The quantitative estimate of drug-likeness (QED) is 0.811. The Hall–Kier alpha value is -2.61. The Balaban J connectivity index is 1.50. The van der Waals surface area contributed by atoms with Crippen molar-refractivity contribution in [3.63, 3.8) is 0 Å². The predicted molar refractivity (Wildman–Crippen MR) is 104 cm³/mol. The van der Waals surface area contributed by atoms with Crippen LogP contribution in [-0.4, -0.2) is 65.5 Å². The Morgan fingerprint density at radius 2 is 1.96 bits per heavy atom. The number of nitrogens with one attached hydrogen (secondary N) is 1. The molecule has 0 unspecified atom stereocenters. The lowest BCUT2D eigenvalue weighted by Gasteiger charge is -2.34. The van der Waals surface area contributed by atoms with Crippen LogP contribution >= 0.6 is 11.6 Å². The first-order valence-corrected chi connectivity index (χ1v) is 9.38. The monoisotopic (exact) mass is 390 g/mol. The maximum atomic E-state index is 11.8. The van der Waals surface area contributed by atoms with Crippen molar-refractivity contribution >= 4 is 29.5 Å². The second kappa shape index (κ2) is 9.36. The molecule has 144 valence electrons. The summed E-state index contributed by atoms with van der Waals surface area (Å²) in [4.78, 5) is 20.1. The first kappa shape index (κ1) is 19.2. The summed E-state index contributed by atoms with van der Waals surface area (Å²) in [6.45, 7) is 5.46. The third-order valence-electron chi connectivity index (χ3n) is 4.29. The van der Waals surface area contributed by atoms with Gasteiger partial charge >= 0.3 is 6.09 Å². The molecule has 27 heavy (non-hydrogen) atoms. The molecule has 2 heterocycles. The number of amides is 1. The van der Waals surface area contributed by atoms with E-state index in [1.807, 2.05) is 31.2 Å². The van der Waals surface area contributed by atoms with Gasteiger partial charge in [0.1, 0.15) is 0 Å². The van der Waals surface area contributed by atoms with E-state index in [1.54, 1.807) is 11.1 Å². The van der Waals surface area contributed by atoms with Gasteiger partial charge < -0.3 is 19.9 Å². The summed E-state index contributed by atoms with van der Waals surface area (Å²) in [5, 5.41) is 12.0. The van der Waals surface area contributed by atoms with Crippen LogP contribution in [0.25, 0.3) is 0 Å². The molecule has 0 atom stereocenters. The van der Waals surface area contributed by atoms with E-state index < -0.39 is 0 Å². The fourth-order valence-electron chi connectivity index (χ4n) is 2.82. The second-order valence-electron chi connectivity index (χ2n) is 6.11. The molecule has 0 bridgehead atoms. The van der Waals surface area contributed by atoms with Crippen molar-refractivity contribution in [2.45, 2.75) is 13.3 Å². The Kier molecular flexibility index (Phi) is 6.64. The smallest absolute Gasteiger partial charge is 0.409 e. The van der Waals surface area contributed by atoms with Crippen molar-refractivity contribution in [3.05, 3.63) is 41.0 Å². The van der Waals surface area contributed by atoms with E-state index in [9.17, 15) is 4.79 Å². The molecular weight excluding hydrogens is 368 g/mol. The van der Waals surface area contributed by atoms with Crippen LogP contribution in [0.4, 0.5) is 16.6 Å². The van der Waals surface area contributed by atoms with E-state index in [0.29, 0.717) is 45.3 Å². The first-order chi connectivity index (χ1) is 13.2. The lowest BCUT2D eigenvalue weighted by Crippen LogP contribution is -2.49. The Labute approximate surface area is 163 Å². The van der Waals surface area contributed by atoms with Gasteiger partial charge in [-0.1, -0.05) is 23.7 Å². The molecule has 8 nitrogen and oxygen atoms in total. The lowest BCUT2D eigenvalue weighted by atomic mass is 10.1. The highest BCUT2D eigenvalue weighted by Gasteiger charge is 2.23. The van der Waals surface area contributed by atoms with Crippen LogP contribution in [0.15, 0.2) is 30.5 Å². The molecule has 1 aromatic heterocycles. The van der Waals surface area contributed by atoms with Gasteiger partial charge in [-0.3, -0.25) is 0 Å². The normalized spacial score (nSPS) is 14.1. The van der Waals surface area contributed by atoms with Crippen LogP contribution in [0.1, 0.15) is 12.5 Å². The number of ether oxygens (including phenoxy) is 1. The number of rotatable bonds is 6. The Morgan fingerprint density at radius 3 is 2.67 bits per heavy atom. The summed E-state index contributed by atoms with van der Waals surface area (Å²) in [7, 11) is 0. The van der Waals surface area contributed by atoms with E-state index in [0.717, 1.165) is 17.3 Å². The summed E-state index contributed by atoms with van der Waals surface area (Å²) >= 11 is 5.90. The van der Waals surface area contributed by atoms with Gasteiger partial charge in [-0.25, -0.2) is 4.79 Å². The number of halogens is 1. The number of benzene rings is 1. The zero-order valence-corrected chi connectivity index (χ0v) is 16.0.